The van der Waals surface area contributed by atoms with E-state index >= 15 is 0 Å². The molecule has 0 amide bonds. The summed E-state index contributed by atoms with van der Waals surface area (Å²) in [4.78, 5) is 1.72. The van der Waals surface area contributed by atoms with Crippen molar-refractivity contribution in [2.24, 2.45) is 0 Å². The smallest absolute Gasteiger partial charge is 0.216 e. The lowest BCUT2D eigenvalue weighted by Crippen LogP contribution is -2.23. The molecule has 3 nitrogen and oxygen atoms in total. The van der Waals surface area contributed by atoms with Gasteiger partial charge in [0.25, 0.3) is 0 Å². The fourth-order valence-electron chi connectivity index (χ4n) is 0.123. The van der Waals surface area contributed by atoms with Gasteiger partial charge >= 0.3 is 0 Å². The Morgan fingerprint density at radius 2 is 2.00 bits per heavy atom. The molecule has 1 unspecified atom stereocenters. The fraction of sp³-hybridized carbons (Fsp3) is 0.857. The van der Waals surface area contributed by atoms with Crippen LogP contribution >= 0.6 is 24.8 Å². The number of rotatable bonds is 2. The minimum Gasteiger partial charge on any atom is -0.479 e. The van der Waals surface area contributed by atoms with Gasteiger partial charge in [0.05, 0.1) is 6.61 Å². The third-order valence-electron chi connectivity index (χ3n) is 1.02. The Morgan fingerprint density at radius 3 is 2.00 bits per heavy atom. The van der Waals surface area contributed by atoms with Crippen molar-refractivity contribution < 1.29 is 9.84 Å². The first-order valence-electron chi connectivity index (χ1n) is 3.62. The molecule has 0 aromatic heterocycles. The number of hydrogen-bond acceptors (Lipinski definition) is 4. The molecule has 0 rings (SSSR count). The summed E-state index contributed by atoms with van der Waals surface area (Å²) in [6.45, 7) is 4.20. The van der Waals surface area contributed by atoms with E-state index in [0.29, 0.717) is 11.0 Å². The largest absolute Gasteiger partial charge is 0.479 e. The highest BCUT2D eigenvalue weighted by atomic mass is 32.1. The van der Waals surface area contributed by atoms with Gasteiger partial charge in [0.2, 0.25) is 4.38 Å². The normalized spacial score (nSPS) is 11.6. The second-order valence-electron chi connectivity index (χ2n) is 2.29. The van der Waals surface area contributed by atoms with E-state index in [0.717, 1.165) is 0 Å². The topological polar surface area (TPSA) is 32.7 Å². The molecule has 0 heterocycles. The molecular formula is C7H17NO2S2. The highest BCUT2D eigenvalue weighted by Gasteiger charge is 1.92. The average molecular weight is 211 g/mol. The molecule has 0 aromatic carbocycles. The number of aliphatic hydroxyl groups excluding tert-OH is 1. The summed E-state index contributed by atoms with van der Waals surface area (Å²) >= 11 is 8.12. The summed E-state index contributed by atoms with van der Waals surface area (Å²) in [6, 6.07) is 0. The predicted molar refractivity (Wildman–Crippen MR) is 58.6 cm³/mol. The Bertz CT molecular complexity index is 112. The first kappa shape index (κ1) is 14.7. The standard InChI is InChI=1S/C4H11NO.C3H6OS2/c1-4(6)5(2)3;1-2-4-3(5)6/h4,6H,1-3H3;2H2,1H3,(H,5,6). The monoisotopic (exact) mass is 211 g/mol. The Morgan fingerprint density at radius 1 is 1.67 bits per heavy atom. The first-order valence-corrected chi connectivity index (χ1v) is 4.47. The van der Waals surface area contributed by atoms with Crippen LogP contribution < -0.4 is 0 Å². The zero-order valence-electron chi connectivity index (χ0n) is 7.94. The van der Waals surface area contributed by atoms with Crippen LogP contribution in [0.25, 0.3) is 0 Å². The number of thiocarbonyl (C=S) groups is 1. The van der Waals surface area contributed by atoms with E-state index in [1.807, 2.05) is 21.0 Å². The van der Waals surface area contributed by atoms with Gasteiger partial charge in [-0.15, -0.1) is 0 Å². The maximum Gasteiger partial charge on any atom is 0.216 e. The molecule has 1 atom stereocenters. The molecule has 12 heavy (non-hydrogen) atoms. The third-order valence-corrected chi connectivity index (χ3v) is 1.26. The second kappa shape index (κ2) is 9.25. The molecule has 0 fully saturated rings. The van der Waals surface area contributed by atoms with Crippen molar-refractivity contribution in [2.75, 3.05) is 20.7 Å². The molecule has 0 spiro atoms. The van der Waals surface area contributed by atoms with E-state index in [-0.39, 0.29) is 6.23 Å². The van der Waals surface area contributed by atoms with E-state index in [4.69, 9.17) is 5.11 Å². The lowest BCUT2D eigenvalue weighted by molar-refractivity contribution is 0.0578. The van der Waals surface area contributed by atoms with Crippen LogP contribution in [0.5, 0.6) is 0 Å². The van der Waals surface area contributed by atoms with Crippen LogP contribution in [0.15, 0.2) is 0 Å². The highest BCUT2D eigenvalue weighted by Crippen LogP contribution is 1.83. The van der Waals surface area contributed by atoms with Crippen LogP contribution in [0, 0.1) is 0 Å². The molecule has 0 bridgehead atoms. The van der Waals surface area contributed by atoms with Crippen LogP contribution in [-0.4, -0.2) is 41.3 Å². The number of ether oxygens (including phenoxy) is 1. The zero-order chi connectivity index (χ0) is 10.1. The maximum atomic E-state index is 8.56. The van der Waals surface area contributed by atoms with Crippen molar-refractivity contribution in [2.45, 2.75) is 20.1 Å². The third kappa shape index (κ3) is 16.6. The molecule has 0 saturated heterocycles. The Hall–Kier alpha value is 0.160. The van der Waals surface area contributed by atoms with Gasteiger partial charge in [-0.25, -0.2) is 0 Å². The molecule has 0 radical (unpaired) electrons. The molecule has 74 valence electrons. The van der Waals surface area contributed by atoms with Gasteiger partial charge in [0, 0.05) is 0 Å². The van der Waals surface area contributed by atoms with Crippen LogP contribution in [0.3, 0.4) is 0 Å². The molecular weight excluding hydrogens is 194 g/mol. The van der Waals surface area contributed by atoms with E-state index in [2.05, 4.69) is 29.6 Å². The fourth-order valence-corrected chi connectivity index (χ4v) is 0.370. The lowest BCUT2D eigenvalue weighted by atomic mass is 10.6. The van der Waals surface area contributed by atoms with E-state index in [9.17, 15) is 0 Å². The molecule has 0 aliphatic heterocycles. The Labute approximate surface area is 85.1 Å². The summed E-state index contributed by atoms with van der Waals surface area (Å²) in [5.74, 6) is 0. The Kier molecular flexibility index (Phi) is 11.3. The van der Waals surface area contributed by atoms with Crippen molar-refractivity contribution in [3.8, 4) is 0 Å². The second-order valence-corrected chi connectivity index (χ2v) is 3.37. The molecule has 5 heteroatoms. The number of thiol groups is 1. The number of nitrogens with zero attached hydrogens (tertiary/aromatic N) is 1. The Balaban J connectivity index is 0. The first-order chi connectivity index (χ1) is 5.41. The summed E-state index contributed by atoms with van der Waals surface area (Å²) in [5.41, 5.74) is 0. The van der Waals surface area contributed by atoms with Gasteiger partial charge in [0.15, 0.2) is 0 Å². The van der Waals surface area contributed by atoms with E-state index in [1.54, 1.807) is 11.8 Å². The summed E-state index contributed by atoms with van der Waals surface area (Å²) in [7, 11) is 3.65. The highest BCUT2D eigenvalue weighted by molar-refractivity contribution is 8.10. The van der Waals surface area contributed by atoms with Gasteiger partial charge in [-0.2, -0.15) is 0 Å². The van der Waals surface area contributed by atoms with Gasteiger partial charge in [-0.1, -0.05) is 12.6 Å². The van der Waals surface area contributed by atoms with E-state index in [1.165, 1.54) is 0 Å². The van der Waals surface area contributed by atoms with Crippen molar-refractivity contribution in [3.63, 3.8) is 0 Å². The molecule has 0 aliphatic carbocycles. The number of hydrogen-bond donors (Lipinski definition) is 2. The van der Waals surface area contributed by atoms with Gasteiger partial charge < -0.3 is 9.84 Å². The van der Waals surface area contributed by atoms with Crippen molar-refractivity contribution >= 4 is 29.2 Å². The molecule has 0 aliphatic rings. The molecule has 0 saturated carbocycles. The van der Waals surface area contributed by atoms with Crippen molar-refractivity contribution in [1.82, 2.24) is 4.90 Å². The van der Waals surface area contributed by atoms with Crippen LogP contribution in [0.4, 0.5) is 0 Å². The van der Waals surface area contributed by atoms with E-state index < -0.39 is 0 Å². The van der Waals surface area contributed by atoms with Crippen LogP contribution in [-0.2, 0) is 4.74 Å². The van der Waals surface area contributed by atoms with Gasteiger partial charge in [-0.05, 0) is 40.2 Å². The van der Waals surface area contributed by atoms with Gasteiger partial charge in [0.1, 0.15) is 6.23 Å². The number of aliphatic hydroxyl groups is 1. The van der Waals surface area contributed by atoms with Crippen molar-refractivity contribution in [3.05, 3.63) is 0 Å². The maximum absolute atomic E-state index is 8.56. The SMILES string of the molecule is CC(O)N(C)C.CCOC(=S)S. The quantitative estimate of drug-likeness (QED) is 0.407. The molecule has 0 aromatic rings. The predicted octanol–water partition coefficient (Wildman–Crippen LogP) is 1.12. The minimum atomic E-state index is -0.315. The summed E-state index contributed by atoms with van der Waals surface area (Å²) in [5, 5.41) is 8.56. The zero-order valence-corrected chi connectivity index (χ0v) is 9.65. The summed E-state index contributed by atoms with van der Waals surface area (Å²) in [6.07, 6.45) is -0.315. The van der Waals surface area contributed by atoms with Crippen LogP contribution in [0.1, 0.15) is 13.8 Å². The molecule has 1 N–H and O–H groups in total. The minimum absolute atomic E-state index is 0.315. The summed E-state index contributed by atoms with van der Waals surface area (Å²) < 4.78 is 4.95. The lowest BCUT2D eigenvalue weighted by Gasteiger charge is -2.11. The van der Waals surface area contributed by atoms with Crippen molar-refractivity contribution in [1.29, 1.82) is 0 Å². The van der Waals surface area contributed by atoms with Crippen LogP contribution in [0.2, 0.25) is 0 Å². The van der Waals surface area contributed by atoms with Gasteiger partial charge in [-0.3, -0.25) is 4.90 Å². The average Bonchev–Trinajstić information content (AvgIpc) is 1.87.